The van der Waals surface area contributed by atoms with Crippen LogP contribution in [0.25, 0.3) is 0 Å². The molecule has 8 heteroatoms. The van der Waals surface area contributed by atoms with Gasteiger partial charge in [-0.2, -0.15) is 8.78 Å². The molecule has 0 radical (unpaired) electrons. The standard InChI is InChI=1S/C21H25F2N3O2S/c1-27-19-7-3-2-6-17(19)18(26-12-4-5-13-26)14-24-21(29)25-15-8-10-16(11-9-15)28-20(22)23/h2-3,6-11,18,20H,4-5,12-14H2,1H3,(H2,24,25,29). The van der Waals surface area contributed by atoms with Crippen molar-refractivity contribution in [2.45, 2.75) is 25.5 Å². The number of hydrogen-bond acceptors (Lipinski definition) is 4. The van der Waals surface area contributed by atoms with Crippen LogP contribution in [0.5, 0.6) is 11.5 Å². The molecule has 0 aromatic heterocycles. The highest BCUT2D eigenvalue weighted by Crippen LogP contribution is 2.31. The molecule has 2 aromatic carbocycles. The van der Waals surface area contributed by atoms with Crippen molar-refractivity contribution in [1.29, 1.82) is 0 Å². The fourth-order valence-electron chi connectivity index (χ4n) is 3.52. The van der Waals surface area contributed by atoms with Crippen molar-refractivity contribution in [3.8, 4) is 11.5 Å². The van der Waals surface area contributed by atoms with Crippen LogP contribution in [-0.2, 0) is 0 Å². The van der Waals surface area contributed by atoms with Crippen molar-refractivity contribution in [2.75, 3.05) is 32.1 Å². The quantitative estimate of drug-likeness (QED) is 0.616. The lowest BCUT2D eigenvalue weighted by Crippen LogP contribution is -2.38. The molecule has 1 fully saturated rings. The van der Waals surface area contributed by atoms with Crippen LogP contribution in [0.3, 0.4) is 0 Å². The van der Waals surface area contributed by atoms with Gasteiger partial charge in [-0.05, 0) is 68.5 Å². The predicted molar refractivity (Wildman–Crippen MR) is 114 cm³/mol. The Balaban J connectivity index is 1.62. The topological polar surface area (TPSA) is 45.8 Å². The van der Waals surface area contributed by atoms with Crippen molar-refractivity contribution >= 4 is 23.0 Å². The van der Waals surface area contributed by atoms with Crippen LogP contribution >= 0.6 is 12.2 Å². The van der Waals surface area contributed by atoms with E-state index in [1.807, 2.05) is 18.2 Å². The molecule has 2 N–H and O–H groups in total. The lowest BCUT2D eigenvalue weighted by molar-refractivity contribution is -0.0498. The van der Waals surface area contributed by atoms with E-state index in [-0.39, 0.29) is 11.8 Å². The van der Waals surface area contributed by atoms with E-state index in [9.17, 15) is 8.78 Å². The van der Waals surface area contributed by atoms with E-state index in [0.29, 0.717) is 17.3 Å². The lowest BCUT2D eigenvalue weighted by Gasteiger charge is -2.29. The highest BCUT2D eigenvalue weighted by molar-refractivity contribution is 7.80. The average Bonchev–Trinajstić information content (AvgIpc) is 3.24. The Labute approximate surface area is 175 Å². The first kappa shape index (κ1) is 21.3. The molecule has 1 aliphatic rings. The third-order valence-corrected chi connectivity index (χ3v) is 5.12. The normalized spacial score (nSPS) is 15.2. The number of thiocarbonyl (C=S) groups is 1. The summed E-state index contributed by atoms with van der Waals surface area (Å²) < 4.78 is 34.4. The van der Waals surface area contributed by atoms with E-state index in [2.05, 4.69) is 26.3 Å². The van der Waals surface area contributed by atoms with Crippen molar-refractivity contribution in [3.63, 3.8) is 0 Å². The van der Waals surface area contributed by atoms with E-state index in [0.717, 1.165) is 24.4 Å². The Morgan fingerprint density at radius 3 is 2.45 bits per heavy atom. The third kappa shape index (κ3) is 6.01. The fourth-order valence-corrected chi connectivity index (χ4v) is 3.72. The van der Waals surface area contributed by atoms with E-state index in [4.69, 9.17) is 17.0 Å². The summed E-state index contributed by atoms with van der Waals surface area (Å²) in [5.41, 5.74) is 1.82. The molecule has 1 atom stereocenters. The van der Waals surface area contributed by atoms with Gasteiger partial charge >= 0.3 is 6.61 Å². The first-order chi connectivity index (χ1) is 14.1. The van der Waals surface area contributed by atoms with Gasteiger partial charge in [-0.25, -0.2) is 0 Å². The molecule has 2 aromatic rings. The minimum Gasteiger partial charge on any atom is -0.496 e. The van der Waals surface area contributed by atoms with Gasteiger partial charge in [-0.15, -0.1) is 0 Å². The molecule has 0 aliphatic carbocycles. The summed E-state index contributed by atoms with van der Waals surface area (Å²) >= 11 is 5.42. The summed E-state index contributed by atoms with van der Waals surface area (Å²) in [7, 11) is 1.68. The molecule has 5 nitrogen and oxygen atoms in total. The van der Waals surface area contributed by atoms with Crippen molar-refractivity contribution in [3.05, 3.63) is 54.1 Å². The average molecular weight is 422 g/mol. The van der Waals surface area contributed by atoms with Crippen molar-refractivity contribution in [1.82, 2.24) is 10.2 Å². The Morgan fingerprint density at radius 1 is 1.10 bits per heavy atom. The molecule has 0 saturated carbocycles. The van der Waals surface area contributed by atoms with Crippen LogP contribution in [0.15, 0.2) is 48.5 Å². The second-order valence-corrected chi connectivity index (χ2v) is 7.15. The third-order valence-electron chi connectivity index (χ3n) is 4.87. The van der Waals surface area contributed by atoms with Gasteiger partial charge in [-0.1, -0.05) is 18.2 Å². The summed E-state index contributed by atoms with van der Waals surface area (Å²) in [5.74, 6) is 0.967. The first-order valence-corrected chi connectivity index (χ1v) is 9.94. The zero-order valence-corrected chi connectivity index (χ0v) is 17.1. The number of para-hydroxylation sites is 1. The number of methoxy groups -OCH3 is 1. The highest BCUT2D eigenvalue weighted by Gasteiger charge is 2.25. The number of halogens is 2. The molecule has 0 bridgehead atoms. The Kier molecular flexibility index (Phi) is 7.60. The second kappa shape index (κ2) is 10.4. The Morgan fingerprint density at radius 2 is 1.79 bits per heavy atom. The van der Waals surface area contributed by atoms with E-state index in [1.165, 1.54) is 25.0 Å². The molecule has 29 heavy (non-hydrogen) atoms. The van der Waals surface area contributed by atoms with E-state index < -0.39 is 6.61 Å². The van der Waals surface area contributed by atoms with Crippen LogP contribution in [0.2, 0.25) is 0 Å². The van der Waals surface area contributed by atoms with Gasteiger partial charge in [0.15, 0.2) is 5.11 Å². The summed E-state index contributed by atoms with van der Waals surface area (Å²) in [4.78, 5) is 2.43. The van der Waals surface area contributed by atoms with Crippen LogP contribution < -0.4 is 20.1 Å². The lowest BCUT2D eigenvalue weighted by atomic mass is 10.0. The summed E-state index contributed by atoms with van der Waals surface area (Å²) in [6.45, 7) is -0.139. The highest BCUT2D eigenvalue weighted by atomic mass is 32.1. The van der Waals surface area contributed by atoms with Crippen LogP contribution in [0.1, 0.15) is 24.4 Å². The zero-order chi connectivity index (χ0) is 20.6. The number of benzene rings is 2. The van der Waals surface area contributed by atoms with Gasteiger partial charge in [0.2, 0.25) is 0 Å². The maximum Gasteiger partial charge on any atom is 0.387 e. The number of nitrogens with zero attached hydrogens (tertiary/aromatic N) is 1. The van der Waals surface area contributed by atoms with Crippen LogP contribution in [0, 0.1) is 0 Å². The Hall–Kier alpha value is -2.45. The molecular formula is C21H25F2N3O2S. The maximum atomic E-state index is 12.2. The molecule has 1 saturated heterocycles. The van der Waals surface area contributed by atoms with Gasteiger partial charge < -0.3 is 20.1 Å². The fraction of sp³-hybridized carbons (Fsp3) is 0.381. The van der Waals surface area contributed by atoms with Crippen molar-refractivity contribution < 1.29 is 18.3 Å². The zero-order valence-electron chi connectivity index (χ0n) is 16.2. The first-order valence-electron chi connectivity index (χ1n) is 9.53. The van der Waals surface area contributed by atoms with Gasteiger partial charge in [-0.3, -0.25) is 4.90 Å². The molecule has 1 aliphatic heterocycles. The van der Waals surface area contributed by atoms with Gasteiger partial charge in [0, 0.05) is 17.8 Å². The van der Waals surface area contributed by atoms with Crippen LogP contribution in [0.4, 0.5) is 14.5 Å². The second-order valence-electron chi connectivity index (χ2n) is 6.74. The number of alkyl halides is 2. The number of ether oxygens (including phenoxy) is 2. The molecule has 1 unspecified atom stereocenters. The SMILES string of the molecule is COc1ccccc1C(CNC(=S)Nc1ccc(OC(F)F)cc1)N1CCCC1. The number of rotatable bonds is 8. The predicted octanol–water partition coefficient (Wildman–Crippen LogP) is 4.42. The minimum atomic E-state index is -2.84. The Bertz CT molecular complexity index is 799. The van der Waals surface area contributed by atoms with Crippen molar-refractivity contribution in [2.24, 2.45) is 0 Å². The molecule has 3 rings (SSSR count). The number of anilines is 1. The summed E-state index contributed by atoms with van der Waals surface area (Å²) in [6.07, 6.45) is 2.36. The molecule has 1 heterocycles. The largest absolute Gasteiger partial charge is 0.496 e. The van der Waals surface area contributed by atoms with Gasteiger partial charge in [0.1, 0.15) is 11.5 Å². The van der Waals surface area contributed by atoms with E-state index >= 15 is 0 Å². The molecular weight excluding hydrogens is 396 g/mol. The number of nitrogens with one attached hydrogen (secondary N) is 2. The molecule has 0 amide bonds. The molecule has 0 spiro atoms. The minimum absolute atomic E-state index is 0.106. The van der Waals surface area contributed by atoms with Gasteiger partial charge in [0.05, 0.1) is 13.2 Å². The number of hydrogen-bond donors (Lipinski definition) is 2. The van der Waals surface area contributed by atoms with Gasteiger partial charge in [0.25, 0.3) is 0 Å². The monoisotopic (exact) mass is 421 g/mol. The van der Waals surface area contributed by atoms with Crippen LogP contribution in [-0.4, -0.2) is 43.4 Å². The smallest absolute Gasteiger partial charge is 0.387 e. The van der Waals surface area contributed by atoms with E-state index in [1.54, 1.807) is 19.2 Å². The number of likely N-dealkylation sites (tertiary alicyclic amines) is 1. The molecule has 156 valence electrons. The summed E-state index contributed by atoms with van der Waals surface area (Å²) in [6, 6.07) is 14.4. The summed E-state index contributed by atoms with van der Waals surface area (Å²) in [5, 5.41) is 6.82. The maximum absolute atomic E-state index is 12.2.